The topological polar surface area (TPSA) is 69.4 Å². The summed E-state index contributed by atoms with van der Waals surface area (Å²) in [5, 5.41) is 6.91. The van der Waals surface area contributed by atoms with E-state index in [0.29, 0.717) is 42.7 Å². The summed E-state index contributed by atoms with van der Waals surface area (Å²) in [7, 11) is 0. The molecule has 2 heterocycles. The first-order valence-electron chi connectivity index (χ1n) is 7.84. The van der Waals surface area contributed by atoms with Crippen molar-refractivity contribution in [3.63, 3.8) is 0 Å². The molecule has 1 aliphatic heterocycles. The van der Waals surface area contributed by atoms with Gasteiger partial charge in [-0.1, -0.05) is 12.1 Å². The Labute approximate surface area is 134 Å². The second kappa shape index (κ2) is 7.41. The van der Waals surface area contributed by atoms with Gasteiger partial charge in [0.25, 0.3) is 0 Å². The summed E-state index contributed by atoms with van der Waals surface area (Å²) >= 11 is 0. The van der Waals surface area contributed by atoms with Crippen molar-refractivity contribution in [2.24, 2.45) is 0 Å². The van der Waals surface area contributed by atoms with Gasteiger partial charge in [-0.25, -0.2) is 4.39 Å². The van der Waals surface area contributed by atoms with Crippen LogP contribution in [0.3, 0.4) is 0 Å². The van der Waals surface area contributed by atoms with Crippen LogP contribution in [0.1, 0.15) is 31.5 Å². The highest BCUT2D eigenvalue weighted by Gasteiger charge is 2.17. The maximum atomic E-state index is 13.5. The molecule has 0 spiro atoms. The van der Waals surface area contributed by atoms with Gasteiger partial charge < -0.3 is 19.3 Å². The Kier molecular flexibility index (Phi) is 5.07. The largest absolute Gasteiger partial charge is 0.489 e. The standard InChI is InChI=1S/C16H20FN3O3/c1-2-15-19-16(23-20-15)9-18-13-8-11(17)5-6-14(13)22-10-12-4-3-7-21-12/h5-6,8,12,18H,2-4,7,9-10H2,1H3/t12-/m1/s1. The predicted octanol–water partition coefficient (Wildman–Crippen LogP) is 2.94. The SMILES string of the molecule is CCc1noc(CNc2cc(F)ccc2OC[C@H]2CCCO2)n1. The van der Waals surface area contributed by atoms with Crippen LogP contribution in [0, 0.1) is 5.82 Å². The van der Waals surface area contributed by atoms with E-state index >= 15 is 0 Å². The van der Waals surface area contributed by atoms with Gasteiger partial charge in [-0.2, -0.15) is 4.98 Å². The van der Waals surface area contributed by atoms with E-state index in [1.807, 2.05) is 6.92 Å². The van der Waals surface area contributed by atoms with Gasteiger partial charge in [-0.3, -0.25) is 0 Å². The molecule has 0 bridgehead atoms. The predicted molar refractivity (Wildman–Crippen MR) is 81.9 cm³/mol. The van der Waals surface area contributed by atoms with Crippen molar-refractivity contribution in [1.29, 1.82) is 0 Å². The summed E-state index contributed by atoms with van der Waals surface area (Å²) in [6.07, 6.45) is 2.86. The Balaban J connectivity index is 1.63. The van der Waals surface area contributed by atoms with Gasteiger partial charge in [0.15, 0.2) is 5.82 Å². The van der Waals surface area contributed by atoms with E-state index in [2.05, 4.69) is 15.5 Å². The summed E-state index contributed by atoms with van der Waals surface area (Å²) in [6.45, 7) is 3.50. The minimum absolute atomic E-state index is 0.107. The summed E-state index contributed by atoms with van der Waals surface area (Å²) < 4.78 is 29.9. The maximum absolute atomic E-state index is 13.5. The number of hydrogen-bond acceptors (Lipinski definition) is 6. The molecule has 0 saturated carbocycles. The van der Waals surface area contributed by atoms with Crippen molar-refractivity contribution in [2.75, 3.05) is 18.5 Å². The fourth-order valence-corrected chi connectivity index (χ4v) is 2.40. The smallest absolute Gasteiger partial charge is 0.245 e. The molecular weight excluding hydrogens is 301 g/mol. The van der Waals surface area contributed by atoms with Crippen LogP contribution >= 0.6 is 0 Å². The molecule has 124 valence electrons. The van der Waals surface area contributed by atoms with Gasteiger partial charge >= 0.3 is 0 Å². The first-order chi connectivity index (χ1) is 11.2. The van der Waals surface area contributed by atoms with Crippen LogP contribution in [0.25, 0.3) is 0 Å². The molecule has 1 fully saturated rings. The van der Waals surface area contributed by atoms with Gasteiger partial charge in [0, 0.05) is 19.1 Å². The molecule has 0 amide bonds. The van der Waals surface area contributed by atoms with Gasteiger partial charge in [0.2, 0.25) is 5.89 Å². The van der Waals surface area contributed by atoms with Crippen LogP contribution in [0.2, 0.25) is 0 Å². The van der Waals surface area contributed by atoms with Crippen molar-refractivity contribution in [3.8, 4) is 5.75 Å². The molecule has 1 atom stereocenters. The molecule has 0 radical (unpaired) electrons. The van der Waals surface area contributed by atoms with Gasteiger partial charge in [0.05, 0.1) is 18.3 Å². The molecule has 3 rings (SSSR count). The second-order valence-electron chi connectivity index (χ2n) is 5.40. The van der Waals surface area contributed by atoms with Crippen LogP contribution in [0.5, 0.6) is 5.75 Å². The normalized spacial score (nSPS) is 17.4. The van der Waals surface area contributed by atoms with Crippen LogP contribution in [-0.2, 0) is 17.7 Å². The lowest BCUT2D eigenvalue weighted by molar-refractivity contribution is 0.0681. The number of aromatic nitrogens is 2. The quantitative estimate of drug-likeness (QED) is 0.845. The van der Waals surface area contributed by atoms with Crippen LogP contribution in [-0.4, -0.2) is 29.5 Å². The van der Waals surface area contributed by atoms with E-state index < -0.39 is 0 Å². The third-order valence-electron chi connectivity index (χ3n) is 3.65. The van der Waals surface area contributed by atoms with Gasteiger partial charge in [0.1, 0.15) is 18.2 Å². The summed E-state index contributed by atoms with van der Waals surface area (Å²) in [5.41, 5.74) is 0.555. The monoisotopic (exact) mass is 321 g/mol. The van der Waals surface area contributed by atoms with Crippen molar-refractivity contribution >= 4 is 5.69 Å². The summed E-state index contributed by atoms with van der Waals surface area (Å²) in [4.78, 5) is 4.21. The molecule has 1 aromatic heterocycles. The van der Waals surface area contributed by atoms with E-state index in [9.17, 15) is 4.39 Å². The molecule has 23 heavy (non-hydrogen) atoms. The van der Waals surface area contributed by atoms with Crippen molar-refractivity contribution < 1.29 is 18.4 Å². The fraction of sp³-hybridized carbons (Fsp3) is 0.500. The number of halogens is 1. The number of rotatable bonds is 7. The number of nitrogens with one attached hydrogen (secondary N) is 1. The Morgan fingerprint density at radius 3 is 3.09 bits per heavy atom. The van der Waals surface area contributed by atoms with E-state index in [1.54, 1.807) is 6.07 Å². The third-order valence-corrected chi connectivity index (χ3v) is 3.65. The molecule has 7 heteroatoms. The Bertz CT molecular complexity index is 641. The highest BCUT2D eigenvalue weighted by atomic mass is 19.1. The first-order valence-corrected chi connectivity index (χ1v) is 7.84. The zero-order valence-electron chi connectivity index (χ0n) is 13.0. The molecular formula is C16H20FN3O3. The number of benzene rings is 1. The number of ether oxygens (including phenoxy) is 2. The van der Waals surface area contributed by atoms with E-state index in [1.165, 1.54) is 12.1 Å². The van der Waals surface area contributed by atoms with Crippen molar-refractivity contribution in [1.82, 2.24) is 10.1 Å². The molecule has 1 aliphatic rings. The first kappa shape index (κ1) is 15.7. The molecule has 1 saturated heterocycles. The van der Waals surface area contributed by atoms with E-state index in [-0.39, 0.29) is 11.9 Å². The summed E-state index contributed by atoms with van der Waals surface area (Å²) in [6, 6.07) is 4.37. The molecule has 1 aromatic carbocycles. The molecule has 0 aliphatic carbocycles. The van der Waals surface area contributed by atoms with Crippen LogP contribution in [0.15, 0.2) is 22.7 Å². The second-order valence-corrected chi connectivity index (χ2v) is 5.40. The van der Waals surface area contributed by atoms with Crippen molar-refractivity contribution in [2.45, 2.75) is 38.8 Å². The number of hydrogen-bond donors (Lipinski definition) is 1. The molecule has 0 unspecified atom stereocenters. The van der Waals surface area contributed by atoms with Crippen molar-refractivity contribution in [3.05, 3.63) is 35.7 Å². The minimum atomic E-state index is -0.336. The average molecular weight is 321 g/mol. The molecule has 1 N–H and O–H groups in total. The average Bonchev–Trinajstić information content (AvgIpc) is 3.23. The maximum Gasteiger partial charge on any atom is 0.245 e. The zero-order chi connectivity index (χ0) is 16.1. The third kappa shape index (κ3) is 4.19. The van der Waals surface area contributed by atoms with Gasteiger partial charge in [-0.05, 0) is 25.0 Å². The van der Waals surface area contributed by atoms with Crippen LogP contribution < -0.4 is 10.1 Å². The van der Waals surface area contributed by atoms with Crippen LogP contribution in [0.4, 0.5) is 10.1 Å². The lowest BCUT2D eigenvalue weighted by atomic mass is 10.2. The lowest BCUT2D eigenvalue weighted by Gasteiger charge is -2.15. The fourth-order valence-electron chi connectivity index (χ4n) is 2.40. The molecule has 6 nitrogen and oxygen atoms in total. The Morgan fingerprint density at radius 1 is 1.43 bits per heavy atom. The zero-order valence-corrected chi connectivity index (χ0v) is 13.0. The molecule has 2 aromatic rings. The minimum Gasteiger partial charge on any atom is -0.489 e. The Hall–Kier alpha value is -2.15. The highest BCUT2D eigenvalue weighted by Crippen LogP contribution is 2.27. The Morgan fingerprint density at radius 2 is 2.35 bits per heavy atom. The van der Waals surface area contributed by atoms with E-state index in [4.69, 9.17) is 14.0 Å². The van der Waals surface area contributed by atoms with Gasteiger partial charge in [-0.15, -0.1) is 0 Å². The lowest BCUT2D eigenvalue weighted by Crippen LogP contribution is -2.17. The number of anilines is 1. The highest BCUT2D eigenvalue weighted by molar-refractivity contribution is 5.56. The van der Waals surface area contributed by atoms with E-state index in [0.717, 1.165) is 19.4 Å². The summed E-state index contributed by atoms with van der Waals surface area (Å²) in [5.74, 6) is 1.35. The number of nitrogens with zero attached hydrogens (tertiary/aromatic N) is 2. The number of aryl methyl sites for hydroxylation is 1.